The monoisotopic (exact) mass is 303 g/mol. The molecule has 96 valence electrons. The molecule has 18 heavy (non-hydrogen) atoms. The maximum atomic E-state index is 12.1. The standard InChI is InChI=1S/C10H10ClN3O2S2/c1-6-3-4-9(8(11)5-6)18(15,16)14-10-13-12-7(2)17-10/h3-5H,1-2H3,(H,13,14). The minimum Gasteiger partial charge on any atom is -0.253 e. The van der Waals surface area contributed by atoms with Crippen LogP contribution in [0.4, 0.5) is 5.13 Å². The average Bonchev–Trinajstić information content (AvgIpc) is 2.62. The van der Waals surface area contributed by atoms with Crippen LogP contribution in [0.25, 0.3) is 0 Å². The van der Waals surface area contributed by atoms with Crippen molar-refractivity contribution < 1.29 is 8.42 Å². The first-order chi connectivity index (χ1) is 8.38. The van der Waals surface area contributed by atoms with Crippen LogP contribution < -0.4 is 4.72 Å². The molecule has 0 aliphatic heterocycles. The summed E-state index contributed by atoms with van der Waals surface area (Å²) in [5, 5.41) is 8.54. The average molecular weight is 304 g/mol. The molecule has 8 heteroatoms. The lowest BCUT2D eigenvalue weighted by molar-refractivity contribution is 0.601. The van der Waals surface area contributed by atoms with Gasteiger partial charge in [-0.2, -0.15) is 0 Å². The van der Waals surface area contributed by atoms with Crippen LogP contribution in [0.1, 0.15) is 10.6 Å². The van der Waals surface area contributed by atoms with E-state index in [-0.39, 0.29) is 15.0 Å². The van der Waals surface area contributed by atoms with Crippen LogP contribution in [0.5, 0.6) is 0 Å². The van der Waals surface area contributed by atoms with E-state index < -0.39 is 10.0 Å². The van der Waals surface area contributed by atoms with E-state index in [2.05, 4.69) is 14.9 Å². The van der Waals surface area contributed by atoms with E-state index in [1.807, 2.05) is 6.92 Å². The van der Waals surface area contributed by atoms with E-state index in [9.17, 15) is 8.42 Å². The highest BCUT2D eigenvalue weighted by Crippen LogP contribution is 2.25. The van der Waals surface area contributed by atoms with Crippen molar-refractivity contribution in [1.29, 1.82) is 0 Å². The van der Waals surface area contributed by atoms with Gasteiger partial charge in [-0.3, -0.25) is 4.72 Å². The van der Waals surface area contributed by atoms with Crippen LogP contribution >= 0.6 is 22.9 Å². The molecule has 0 atom stereocenters. The SMILES string of the molecule is Cc1ccc(S(=O)(=O)Nc2nnc(C)s2)c(Cl)c1. The number of hydrogen-bond donors (Lipinski definition) is 1. The summed E-state index contributed by atoms with van der Waals surface area (Å²) in [6, 6.07) is 4.75. The molecule has 1 heterocycles. The second-order valence-electron chi connectivity index (χ2n) is 3.67. The number of nitrogens with one attached hydrogen (secondary N) is 1. The molecule has 0 amide bonds. The van der Waals surface area contributed by atoms with Crippen molar-refractivity contribution in [3.63, 3.8) is 0 Å². The van der Waals surface area contributed by atoms with Gasteiger partial charge in [-0.05, 0) is 31.5 Å². The number of nitrogens with zero attached hydrogens (tertiary/aromatic N) is 2. The number of sulfonamides is 1. The molecule has 2 aromatic rings. The maximum absolute atomic E-state index is 12.1. The van der Waals surface area contributed by atoms with Crippen molar-refractivity contribution in [3.8, 4) is 0 Å². The van der Waals surface area contributed by atoms with Crippen LogP contribution in [0.3, 0.4) is 0 Å². The van der Waals surface area contributed by atoms with E-state index in [0.29, 0.717) is 5.01 Å². The van der Waals surface area contributed by atoms with Crippen LogP contribution in [-0.2, 0) is 10.0 Å². The third-order valence-corrected chi connectivity index (χ3v) is 4.83. The number of halogens is 1. The van der Waals surface area contributed by atoms with Gasteiger partial charge in [-0.25, -0.2) is 8.42 Å². The van der Waals surface area contributed by atoms with Gasteiger partial charge in [0.15, 0.2) is 0 Å². The summed E-state index contributed by atoms with van der Waals surface area (Å²) >= 11 is 7.10. The maximum Gasteiger partial charge on any atom is 0.265 e. The molecule has 1 N–H and O–H groups in total. The molecule has 0 radical (unpaired) electrons. The van der Waals surface area contributed by atoms with Gasteiger partial charge in [0, 0.05) is 0 Å². The lowest BCUT2D eigenvalue weighted by Gasteiger charge is -2.07. The number of aromatic nitrogens is 2. The Kier molecular flexibility index (Phi) is 3.56. The Morgan fingerprint density at radius 1 is 1.28 bits per heavy atom. The van der Waals surface area contributed by atoms with Gasteiger partial charge in [-0.1, -0.05) is 29.0 Å². The van der Waals surface area contributed by atoms with Gasteiger partial charge in [-0.15, -0.1) is 10.2 Å². The fourth-order valence-electron chi connectivity index (χ4n) is 1.33. The molecule has 0 unspecified atom stereocenters. The van der Waals surface area contributed by atoms with Crippen LogP contribution in [0.15, 0.2) is 23.1 Å². The van der Waals surface area contributed by atoms with Gasteiger partial charge in [0.05, 0.1) is 5.02 Å². The van der Waals surface area contributed by atoms with Crippen LogP contribution in [-0.4, -0.2) is 18.6 Å². The van der Waals surface area contributed by atoms with Crippen molar-refractivity contribution in [2.24, 2.45) is 0 Å². The highest BCUT2D eigenvalue weighted by Gasteiger charge is 2.19. The Morgan fingerprint density at radius 2 is 2.00 bits per heavy atom. The minimum absolute atomic E-state index is 0.0302. The van der Waals surface area contributed by atoms with Crippen LogP contribution in [0.2, 0.25) is 5.02 Å². The summed E-state index contributed by atoms with van der Waals surface area (Å²) in [5.41, 5.74) is 0.894. The topological polar surface area (TPSA) is 72.0 Å². The van der Waals surface area contributed by atoms with E-state index in [1.54, 1.807) is 19.1 Å². The van der Waals surface area contributed by atoms with Crippen molar-refractivity contribution in [3.05, 3.63) is 33.8 Å². The number of aryl methyl sites for hydroxylation is 2. The molecule has 1 aromatic carbocycles. The van der Waals surface area contributed by atoms with Gasteiger partial charge in [0.25, 0.3) is 10.0 Å². The Bertz CT molecular complexity index is 682. The smallest absolute Gasteiger partial charge is 0.253 e. The highest BCUT2D eigenvalue weighted by molar-refractivity contribution is 7.93. The molecule has 1 aromatic heterocycles. The predicted octanol–water partition coefficient (Wildman–Crippen LogP) is 2.61. The molecular formula is C10H10ClN3O2S2. The zero-order valence-corrected chi connectivity index (χ0v) is 12.0. The predicted molar refractivity (Wildman–Crippen MR) is 71.6 cm³/mol. The third-order valence-electron chi connectivity index (χ3n) is 2.12. The zero-order valence-electron chi connectivity index (χ0n) is 9.64. The molecule has 0 saturated heterocycles. The molecule has 0 bridgehead atoms. The largest absolute Gasteiger partial charge is 0.265 e. The first kappa shape index (κ1) is 13.3. The normalized spacial score (nSPS) is 11.5. The molecule has 0 spiro atoms. The van der Waals surface area contributed by atoms with Gasteiger partial charge >= 0.3 is 0 Å². The van der Waals surface area contributed by atoms with E-state index >= 15 is 0 Å². The Labute approximate surface area is 114 Å². The molecule has 0 aliphatic carbocycles. The number of anilines is 1. The lowest BCUT2D eigenvalue weighted by Crippen LogP contribution is -2.13. The summed E-state index contributed by atoms with van der Waals surface area (Å²) in [4.78, 5) is 0.0302. The minimum atomic E-state index is -3.72. The Morgan fingerprint density at radius 3 is 2.56 bits per heavy atom. The van der Waals surface area contributed by atoms with Crippen LogP contribution in [0, 0.1) is 13.8 Å². The van der Waals surface area contributed by atoms with E-state index in [0.717, 1.165) is 16.9 Å². The van der Waals surface area contributed by atoms with Crippen molar-refractivity contribution in [2.75, 3.05) is 4.72 Å². The molecule has 0 fully saturated rings. The first-order valence-corrected chi connectivity index (χ1v) is 7.65. The second kappa shape index (κ2) is 4.83. The summed E-state index contributed by atoms with van der Waals surface area (Å²) in [5.74, 6) is 0. The molecule has 0 saturated carbocycles. The van der Waals surface area contributed by atoms with Gasteiger partial charge < -0.3 is 0 Å². The highest BCUT2D eigenvalue weighted by atomic mass is 35.5. The first-order valence-electron chi connectivity index (χ1n) is 4.97. The lowest BCUT2D eigenvalue weighted by atomic mass is 10.2. The van der Waals surface area contributed by atoms with E-state index in [1.165, 1.54) is 6.07 Å². The fraction of sp³-hybridized carbons (Fsp3) is 0.200. The molecule has 2 rings (SSSR count). The zero-order chi connectivity index (χ0) is 13.3. The summed E-state index contributed by atoms with van der Waals surface area (Å²) in [6.07, 6.45) is 0. The summed E-state index contributed by atoms with van der Waals surface area (Å²) in [7, 11) is -3.72. The van der Waals surface area contributed by atoms with Gasteiger partial charge in [0.1, 0.15) is 9.90 Å². The fourth-order valence-corrected chi connectivity index (χ4v) is 3.75. The second-order valence-corrected chi connectivity index (χ2v) is 6.91. The van der Waals surface area contributed by atoms with Crippen molar-refractivity contribution in [2.45, 2.75) is 18.7 Å². The van der Waals surface area contributed by atoms with E-state index in [4.69, 9.17) is 11.6 Å². The van der Waals surface area contributed by atoms with Crippen molar-refractivity contribution in [1.82, 2.24) is 10.2 Å². The quantitative estimate of drug-likeness (QED) is 0.946. The summed E-state index contributed by atoms with van der Waals surface area (Å²) < 4.78 is 26.5. The molecular weight excluding hydrogens is 294 g/mol. The number of rotatable bonds is 3. The van der Waals surface area contributed by atoms with Gasteiger partial charge in [0.2, 0.25) is 5.13 Å². The number of hydrogen-bond acceptors (Lipinski definition) is 5. The molecule has 0 aliphatic rings. The van der Waals surface area contributed by atoms with Crippen molar-refractivity contribution >= 4 is 38.1 Å². The molecule has 5 nitrogen and oxygen atoms in total. The summed E-state index contributed by atoms with van der Waals surface area (Å²) in [6.45, 7) is 3.58. The third kappa shape index (κ3) is 2.80. The Hall–Kier alpha value is -1.18. The number of benzene rings is 1. The Balaban J connectivity index is 2.36.